The second-order valence-electron chi connectivity index (χ2n) is 0.864. The van der Waals surface area contributed by atoms with Gasteiger partial charge in [0.2, 0.25) is 0 Å². The second kappa shape index (κ2) is 1.35. The van der Waals surface area contributed by atoms with Crippen molar-refractivity contribution in [3.05, 3.63) is 23.6 Å². The molecule has 1 rings (SSSR count). The van der Waals surface area contributed by atoms with Crippen molar-refractivity contribution in [1.82, 2.24) is 0 Å². The van der Waals surface area contributed by atoms with Gasteiger partial charge in [-0.15, -0.1) is 0 Å². The average molecular weight is 102 g/mol. The molecule has 0 N–H and O–H groups in total. The fraction of sp³-hybridized carbons (Fsp3) is 0. The minimum absolute atomic E-state index is 0.523. The van der Waals surface area contributed by atoms with Gasteiger partial charge in [0.1, 0.15) is 6.26 Å². The normalized spacial score (nSPS) is 8.83. The molecule has 0 unspecified atom stereocenters. The highest BCUT2D eigenvalue weighted by Gasteiger charge is 1.80. The lowest BCUT2D eigenvalue weighted by atomic mass is 10.7. The first-order valence-corrected chi connectivity index (χ1v) is 1.87. The van der Waals surface area contributed by atoms with E-state index in [0.717, 1.165) is 0 Å². The highest BCUT2D eigenvalue weighted by atomic mass is 35.5. The lowest BCUT2D eigenvalue weighted by Gasteiger charge is -1.59. The Labute approximate surface area is 40.5 Å². The largest absolute Gasteiger partial charge is 0.470 e. The van der Waals surface area contributed by atoms with E-state index in [1.165, 1.54) is 12.5 Å². The van der Waals surface area contributed by atoms with Gasteiger partial charge in [0.05, 0.1) is 11.3 Å². The van der Waals surface area contributed by atoms with Crippen LogP contribution in [0.5, 0.6) is 0 Å². The molecular weight excluding hydrogens is 99.5 g/mol. The summed E-state index contributed by atoms with van der Waals surface area (Å²) in [5.41, 5.74) is 0. The van der Waals surface area contributed by atoms with Crippen LogP contribution in [0.15, 0.2) is 16.9 Å². The zero-order chi connectivity index (χ0) is 4.41. The summed E-state index contributed by atoms with van der Waals surface area (Å²) in [6, 6.07) is 2.60. The van der Waals surface area contributed by atoms with Crippen molar-refractivity contribution in [2.24, 2.45) is 0 Å². The van der Waals surface area contributed by atoms with Crippen LogP contribution in [0.3, 0.4) is 0 Å². The van der Waals surface area contributed by atoms with Crippen molar-refractivity contribution in [2.45, 2.75) is 0 Å². The molecule has 1 aromatic heterocycles. The summed E-state index contributed by atoms with van der Waals surface area (Å²) in [7, 11) is 0. The van der Waals surface area contributed by atoms with Gasteiger partial charge in [0, 0.05) is 6.07 Å². The molecule has 0 saturated heterocycles. The van der Waals surface area contributed by atoms with Crippen LogP contribution in [0.25, 0.3) is 0 Å². The van der Waals surface area contributed by atoms with Crippen molar-refractivity contribution in [2.75, 3.05) is 0 Å². The molecule has 31 valence electrons. The lowest BCUT2D eigenvalue weighted by molar-refractivity contribution is 0.567. The van der Waals surface area contributed by atoms with E-state index in [2.05, 4.69) is 10.5 Å². The fourth-order valence-corrected chi connectivity index (χ4v) is 0.314. The zero-order valence-corrected chi connectivity index (χ0v) is 3.70. The third-order valence-electron chi connectivity index (χ3n) is 0.436. The molecule has 0 amide bonds. The average Bonchev–Trinajstić information content (AvgIpc) is 1.86. The minimum atomic E-state index is 0.523. The summed E-state index contributed by atoms with van der Waals surface area (Å²) in [6.45, 7) is 0. The van der Waals surface area contributed by atoms with E-state index in [0.29, 0.717) is 5.02 Å². The topological polar surface area (TPSA) is 13.1 Å². The first-order chi connectivity index (χ1) is 2.89. The van der Waals surface area contributed by atoms with Crippen molar-refractivity contribution >= 4 is 11.6 Å². The smallest absolute Gasteiger partial charge is 0.110 e. The molecule has 0 atom stereocenters. The lowest BCUT2D eigenvalue weighted by Crippen LogP contribution is -1.36. The van der Waals surface area contributed by atoms with E-state index in [9.17, 15) is 0 Å². The van der Waals surface area contributed by atoms with Crippen LogP contribution in [0.1, 0.15) is 0 Å². The van der Waals surface area contributed by atoms with Crippen LogP contribution in [0.4, 0.5) is 0 Å². The first-order valence-electron chi connectivity index (χ1n) is 1.49. The Balaban J connectivity index is 3.05. The molecule has 0 aliphatic rings. The molecule has 1 aromatic rings. The molecule has 0 aromatic carbocycles. The van der Waals surface area contributed by atoms with Crippen LogP contribution in [0.2, 0.25) is 5.02 Å². The number of furan rings is 1. The van der Waals surface area contributed by atoms with Gasteiger partial charge in [-0.2, -0.15) is 0 Å². The van der Waals surface area contributed by atoms with Crippen LogP contribution in [0, 0.1) is 6.07 Å². The van der Waals surface area contributed by atoms with Crippen LogP contribution in [-0.2, 0) is 0 Å². The summed E-state index contributed by atoms with van der Waals surface area (Å²) < 4.78 is 4.53. The maximum absolute atomic E-state index is 5.31. The Morgan fingerprint density at radius 2 is 2.67 bits per heavy atom. The second-order valence-corrected chi connectivity index (χ2v) is 1.27. The highest BCUT2D eigenvalue weighted by Crippen LogP contribution is 2.03. The van der Waals surface area contributed by atoms with Crippen LogP contribution in [-0.4, -0.2) is 0 Å². The van der Waals surface area contributed by atoms with E-state index in [1.807, 2.05) is 0 Å². The molecule has 0 fully saturated rings. The Bertz CT molecular complexity index is 111. The summed E-state index contributed by atoms with van der Waals surface area (Å²) >= 11 is 5.31. The minimum Gasteiger partial charge on any atom is -0.470 e. The maximum atomic E-state index is 5.31. The molecular formula is C4H2ClO. The van der Waals surface area contributed by atoms with Crippen LogP contribution < -0.4 is 0 Å². The van der Waals surface area contributed by atoms with E-state index in [1.54, 1.807) is 0 Å². The third-order valence-corrected chi connectivity index (χ3v) is 0.635. The van der Waals surface area contributed by atoms with Crippen LogP contribution >= 0.6 is 11.6 Å². The number of hydrogen-bond donors (Lipinski definition) is 0. The Kier molecular flexibility index (Phi) is 0.843. The van der Waals surface area contributed by atoms with Crippen molar-refractivity contribution < 1.29 is 4.42 Å². The monoisotopic (exact) mass is 101 g/mol. The third kappa shape index (κ3) is 0.546. The maximum Gasteiger partial charge on any atom is 0.110 e. The molecule has 1 radical (unpaired) electrons. The molecule has 2 heteroatoms. The van der Waals surface area contributed by atoms with Crippen molar-refractivity contribution in [3.8, 4) is 0 Å². The summed E-state index contributed by atoms with van der Waals surface area (Å²) in [5.74, 6) is 0. The summed E-state index contributed by atoms with van der Waals surface area (Å²) in [4.78, 5) is 0. The van der Waals surface area contributed by atoms with Gasteiger partial charge in [-0.3, -0.25) is 0 Å². The molecule has 0 saturated carbocycles. The van der Waals surface area contributed by atoms with Gasteiger partial charge >= 0.3 is 0 Å². The molecule has 0 aliphatic carbocycles. The summed E-state index contributed by atoms with van der Waals surface area (Å²) in [6.07, 6.45) is 2.82. The van der Waals surface area contributed by atoms with Gasteiger partial charge in [0.15, 0.2) is 0 Å². The van der Waals surface area contributed by atoms with Crippen molar-refractivity contribution in [1.29, 1.82) is 0 Å². The molecule has 1 heterocycles. The SMILES string of the molecule is Clc1[c]coc1. The highest BCUT2D eigenvalue weighted by molar-refractivity contribution is 6.30. The zero-order valence-electron chi connectivity index (χ0n) is 2.94. The van der Waals surface area contributed by atoms with E-state index in [4.69, 9.17) is 11.6 Å². The number of hydrogen-bond acceptors (Lipinski definition) is 1. The molecule has 1 nitrogen and oxygen atoms in total. The van der Waals surface area contributed by atoms with Crippen molar-refractivity contribution in [3.63, 3.8) is 0 Å². The fourth-order valence-electron chi connectivity index (χ4n) is 0.218. The van der Waals surface area contributed by atoms with Gasteiger partial charge in [-0.25, -0.2) is 0 Å². The number of rotatable bonds is 0. The quantitative estimate of drug-likeness (QED) is 0.485. The first kappa shape index (κ1) is 3.75. The van der Waals surface area contributed by atoms with E-state index >= 15 is 0 Å². The van der Waals surface area contributed by atoms with E-state index in [-0.39, 0.29) is 0 Å². The number of halogens is 1. The Morgan fingerprint density at radius 1 is 1.83 bits per heavy atom. The standard InChI is InChI=1S/C4H2ClO/c5-4-1-2-6-3-4/h2-3H. The Morgan fingerprint density at radius 3 is 2.83 bits per heavy atom. The van der Waals surface area contributed by atoms with Gasteiger partial charge < -0.3 is 4.42 Å². The molecule has 0 bridgehead atoms. The summed E-state index contributed by atoms with van der Waals surface area (Å²) in [5, 5.41) is 0.523. The molecule has 0 spiro atoms. The molecule has 6 heavy (non-hydrogen) atoms. The van der Waals surface area contributed by atoms with E-state index < -0.39 is 0 Å². The predicted octanol–water partition coefficient (Wildman–Crippen LogP) is 1.73. The Hall–Kier alpha value is -0.430. The molecule has 0 aliphatic heterocycles. The van der Waals surface area contributed by atoms with Gasteiger partial charge in [0.25, 0.3) is 0 Å². The van der Waals surface area contributed by atoms with Gasteiger partial charge in [-0.1, -0.05) is 11.6 Å². The predicted molar refractivity (Wildman–Crippen MR) is 22.6 cm³/mol. The van der Waals surface area contributed by atoms with Gasteiger partial charge in [-0.05, 0) is 0 Å².